The fourth-order valence-corrected chi connectivity index (χ4v) is 4.49. The fraction of sp³-hybridized carbons (Fsp3) is 0.258. The molecule has 2 N–H and O–H groups in total. The first-order valence-electron chi connectivity index (χ1n) is 13.3. The Labute approximate surface area is 236 Å². The molecule has 5 rings (SSSR count). The van der Waals surface area contributed by atoms with E-state index in [9.17, 15) is 9.59 Å². The predicted molar refractivity (Wildman–Crippen MR) is 153 cm³/mol. The van der Waals surface area contributed by atoms with E-state index in [2.05, 4.69) is 46.1 Å². The van der Waals surface area contributed by atoms with Crippen LogP contribution in [-0.2, 0) is 28.0 Å². The predicted octanol–water partition coefficient (Wildman–Crippen LogP) is 5.42. The summed E-state index contributed by atoms with van der Waals surface area (Å²) in [5.41, 5.74) is 5.21. The number of nitrogens with one attached hydrogen (secondary N) is 2. The van der Waals surface area contributed by atoms with E-state index in [1.165, 1.54) is 17.1 Å². The van der Waals surface area contributed by atoms with Crippen LogP contribution < -0.4 is 5.32 Å². The average Bonchev–Trinajstić information content (AvgIpc) is 3.59. The molecule has 3 heterocycles. The summed E-state index contributed by atoms with van der Waals surface area (Å²) in [5.74, 6) is -1.09. The van der Waals surface area contributed by atoms with Gasteiger partial charge < -0.3 is 15.0 Å². The van der Waals surface area contributed by atoms with Crippen molar-refractivity contribution in [3.63, 3.8) is 0 Å². The number of benzene rings is 2. The van der Waals surface area contributed by atoms with E-state index in [0.29, 0.717) is 40.0 Å². The molecule has 41 heavy (non-hydrogen) atoms. The van der Waals surface area contributed by atoms with Crippen molar-refractivity contribution in [1.29, 1.82) is 0 Å². The number of H-pyrrole nitrogens is 1. The van der Waals surface area contributed by atoms with Crippen molar-refractivity contribution in [2.75, 3.05) is 6.61 Å². The van der Waals surface area contributed by atoms with E-state index in [0.717, 1.165) is 16.8 Å². The topological polar surface area (TPSA) is 115 Å². The quantitative estimate of drug-likeness (QED) is 0.248. The molecule has 0 bridgehead atoms. The molecule has 0 radical (unpaired) electrons. The van der Waals surface area contributed by atoms with Crippen LogP contribution in [0.15, 0.2) is 67.3 Å². The molecule has 0 saturated heterocycles. The van der Waals surface area contributed by atoms with Gasteiger partial charge in [0.1, 0.15) is 24.3 Å². The van der Waals surface area contributed by atoms with Crippen LogP contribution >= 0.6 is 0 Å². The number of rotatable bonds is 8. The SMILES string of the molecule is CCOC(=O)Cn1cc(-c2cc3c(-c4ccc(CNC(=O)c5ccc(C(C)(C)C)cc5)c(F)c4)ncnc3[nH]2)cn1. The minimum Gasteiger partial charge on any atom is -0.465 e. The van der Waals surface area contributed by atoms with Crippen LogP contribution in [0.25, 0.3) is 33.5 Å². The zero-order valence-corrected chi connectivity index (χ0v) is 23.4. The Morgan fingerprint density at radius 1 is 1.05 bits per heavy atom. The number of carbonyl (C=O) groups excluding carboxylic acids is 2. The van der Waals surface area contributed by atoms with Crippen molar-refractivity contribution >= 4 is 22.9 Å². The summed E-state index contributed by atoms with van der Waals surface area (Å²) in [6, 6.07) is 14.1. The maximum atomic E-state index is 15.2. The minimum atomic E-state index is -0.450. The molecule has 210 valence electrons. The zero-order valence-electron chi connectivity index (χ0n) is 23.4. The van der Waals surface area contributed by atoms with E-state index >= 15 is 4.39 Å². The second kappa shape index (κ2) is 11.3. The Hall–Kier alpha value is -4.86. The first-order valence-corrected chi connectivity index (χ1v) is 13.3. The number of halogens is 1. The summed E-state index contributed by atoms with van der Waals surface area (Å²) in [4.78, 5) is 36.4. The number of amides is 1. The highest BCUT2D eigenvalue weighted by Crippen LogP contribution is 2.30. The highest BCUT2D eigenvalue weighted by Gasteiger charge is 2.16. The first-order chi connectivity index (χ1) is 19.6. The summed E-state index contributed by atoms with van der Waals surface area (Å²) >= 11 is 0. The first kappa shape index (κ1) is 27.7. The molecule has 0 aliphatic carbocycles. The fourth-order valence-electron chi connectivity index (χ4n) is 4.49. The summed E-state index contributed by atoms with van der Waals surface area (Å²) in [5, 5.41) is 7.74. The molecule has 0 aliphatic heterocycles. The lowest BCUT2D eigenvalue weighted by atomic mass is 9.87. The normalized spacial score (nSPS) is 11.5. The molecule has 10 heteroatoms. The minimum absolute atomic E-state index is 0.00823. The van der Waals surface area contributed by atoms with Crippen molar-refractivity contribution in [3.8, 4) is 22.5 Å². The van der Waals surface area contributed by atoms with Gasteiger partial charge >= 0.3 is 5.97 Å². The maximum Gasteiger partial charge on any atom is 0.327 e. The third-order valence-corrected chi connectivity index (χ3v) is 6.75. The third-order valence-electron chi connectivity index (χ3n) is 6.75. The summed E-state index contributed by atoms with van der Waals surface area (Å²) in [6.07, 6.45) is 4.79. The van der Waals surface area contributed by atoms with E-state index in [4.69, 9.17) is 4.74 Å². The van der Waals surface area contributed by atoms with Crippen molar-refractivity contribution in [2.45, 2.75) is 46.2 Å². The number of esters is 1. The number of nitrogens with zero attached hydrogens (tertiary/aromatic N) is 4. The summed E-state index contributed by atoms with van der Waals surface area (Å²) in [6.45, 7) is 8.45. The van der Waals surface area contributed by atoms with Gasteiger partial charge in [-0.1, -0.05) is 45.0 Å². The van der Waals surface area contributed by atoms with Gasteiger partial charge in [0.2, 0.25) is 0 Å². The molecule has 3 aromatic heterocycles. The molecule has 2 aromatic carbocycles. The largest absolute Gasteiger partial charge is 0.465 e. The van der Waals surface area contributed by atoms with E-state index in [-0.39, 0.29) is 30.4 Å². The number of hydrogen-bond acceptors (Lipinski definition) is 6. The van der Waals surface area contributed by atoms with Gasteiger partial charge in [-0.15, -0.1) is 0 Å². The molecule has 1 amide bonds. The lowest BCUT2D eigenvalue weighted by molar-refractivity contribution is -0.144. The Balaban J connectivity index is 1.31. The lowest BCUT2D eigenvalue weighted by Gasteiger charge is -2.19. The van der Waals surface area contributed by atoms with Gasteiger partial charge in [-0.2, -0.15) is 5.10 Å². The van der Waals surface area contributed by atoms with Crippen molar-refractivity contribution < 1.29 is 18.7 Å². The van der Waals surface area contributed by atoms with Crippen LogP contribution in [-0.4, -0.2) is 43.2 Å². The Morgan fingerprint density at radius 3 is 2.54 bits per heavy atom. The third kappa shape index (κ3) is 6.16. The summed E-state index contributed by atoms with van der Waals surface area (Å²) in [7, 11) is 0. The van der Waals surface area contributed by atoms with E-state index in [1.807, 2.05) is 18.2 Å². The number of hydrogen-bond donors (Lipinski definition) is 2. The molecular formula is C31H31FN6O3. The summed E-state index contributed by atoms with van der Waals surface area (Å²) < 4.78 is 21.6. The average molecular weight is 555 g/mol. The maximum absolute atomic E-state index is 15.2. The van der Waals surface area contributed by atoms with Gasteiger partial charge in [-0.3, -0.25) is 14.3 Å². The van der Waals surface area contributed by atoms with Gasteiger partial charge in [-0.05, 0) is 42.2 Å². The number of aromatic nitrogens is 5. The van der Waals surface area contributed by atoms with Crippen molar-refractivity contribution in [2.24, 2.45) is 0 Å². The Morgan fingerprint density at radius 2 is 1.83 bits per heavy atom. The molecule has 0 aliphatic rings. The molecule has 0 fully saturated rings. The highest BCUT2D eigenvalue weighted by molar-refractivity contribution is 5.95. The van der Waals surface area contributed by atoms with Gasteiger partial charge in [0.05, 0.1) is 24.2 Å². The van der Waals surface area contributed by atoms with Crippen molar-refractivity contribution in [1.82, 2.24) is 30.0 Å². The number of fused-ring (bicyclic) bond motifs is 1. The lowest BCUT2D eigenvalue weighted by Crippen LogP contribution is -2.23. The standard InChI is InChI=1S/C31H31FN6O3/c1-5-41-27(39)17-38-16-22(15-36-38)26-13-24-28(34-18-35-29(24)37-26)20-6-7-21(25(32)12-20)14-33-30(40)19-8-10-23(11-9-19)31(2,3)4/h6-13,15-16,18H,5,14,17H2,1-4H3,(H,33,40)(H,34,35,37). The molecule has 0 unspecified atom stereocenters. The van der Waals surface area contributed by atoms with Crippen LogP contribution in [0, 0.1) is 5.82 Å². The highest BCUT2D eigenvalue weighted by atomic mass is 19.1. The number of carbonyl (C=O) groups is 2. The molecule has 9 nitrogen and oxygen atoms in total. The smallest absolute Gasteiger partial charge is 0.327 e. The second-order valence-corrected chi connectivity index (χ2v) is 10.7. The molecule has 0 spiro atoms. The van der Waals surface area contributed by atoms with Gasteiger partial charge in [0.15, 0.2) is 0 Å². The molecule has 0 atom stereocenters. The number of ether oxygens (including phenoxy) is 1. The Kier molecular flexibility index (Phi) is 7.65. The van der Waals surface area contributed by atoms with Gasteiger partial charge in [0.25, 0.3) is 5.91 Å². The monoisotopic (exact) mass is 554 g/mol. The van der Waals surface area contributed by atoms with Crippen LogP contribution in [0.4, 0.5) is 4.39 Å². The van der Waals surface area contributed by atoms with Crippen LogP contribution in [0.2, 0.25) is 0 Å². The van der Waals surface area contributed by atoms with Gasteiger partial charge in [0, 0.05) is 40.4 Å². The number of aromatic amines is 1. The molecular weight excluding hydrogens is 523 g/mol. The molecule has 0 saturated carbocycles. The Bertz CT molecular complexity index is 1720. The van der Waals surface area contributed by atoms with E-state index < -0.39 is 5.82 Å². The second-order valence-electron chi connectivity index (χ2n) is 10.7. The molecule has 5 aromatic rings. The van der Waals surface area contributed by atoms with Crippen LogP contribution in [0.3, 0.4) is 0 Å². The van der Waals surface area contributed by atoms with Gasteiger partial charge in [-0.25, -0.2) is 14.4 Å². The van der Waals surface area contributed by atoms with E-state index in [1.54, 1.807) is 43.6 Å². The van der Waals surface area contributed by atoms with Crippen LogP contribution in [0.1, 0.15) is 49.2 Å². The van der Waals surface area contributed by atoms with Crippen molar-refractivity contribution in [3.05, 3.63) is 89.8 Å². The zero-order chi connectivity index (χ0) is 29.1. The van der Waals surface area contributed by atoms with Crippen LogP contribution in [0.5, 0.6) is 0 Å².